The molecule has 0 fully saturated rings. The van der Waals surface area contributed by atoms with Crippen molar-refractivity contribution in [3.05, 3.63) is 12.2 Å². The molecule has 0 radical (unpaired) electrons. The molecule has 0 aliphatic heterocycles. The molecule has 172 valence electrons. The molecule has 0 saturated heterocycles. The first-order chi connectivity index (χ1) is 14.1. The van der Waals surface area contributed by atoms with E-state index in [1.54, 1.807) is 0 Å². The highest BCUT2D eigenvalue weighted by molar-refractivity contribution is 5.69. The topological polar surface area (TPSA) is 66.8 Å². The van der Waals surface area contributed by atoms with Crippen molar-refractivity contribution in [2.24, 2.45) is 5.92 Å². The lowest BCUT2D eigenvalue weighted by molar-refractivity contribution is -0.147. The Hall–Kier alpha value is -0.870. The van der Waals surface area contributed by atoms with Crippen molar-refractivity contribution in [3.63, 3.8) is 0 Å². The quantitative estimate of drug-likeness (QED) is 0.131. The molecule has 1 atom stereocenters. The van der Waals surface area contributed by atoms with Crippen LogP contribution in [0.5, 0.6) is 0 Å². The minimum atomic E-state index is -0.969. The van der Waals surface area contributed by atoms with Gasteiger partial charge in [0, 0.05) is 6.42 Å². The highest BCUT2D eigenvalue weighted by Crippen LogP contribution is 2.14. The van der Waals surface area contributed by atoms with Crippen LogP contribution in [0.4, 0.5) is 0 Å². The summed E-state index contributed by atoms with van der Waals surface area (Å²) < 4.78 is 4.86. The Bertz CT molecular complexity index is 379. The van der Waals surface area contributed by atoms with Crippen LogP contribution in [0, 0.1) is 5.92 Å². The van der Waals surface area contributed by atoms with Gasteiger partial charge in [0.2, 0.25) is 0 Å². The van der Waals surface area contributed by atoms with E-state index < -0.39 is 6.10 Å². The third-order valence-corrected chi connectivity index (χ3v) is 5.22. The maximum absolute atomic E-state index is 11.4. The van der Waals surface area contributed by atoms with Gasteiger partial charge in [-0.2, -0.15) is 0 Å². The van der Waals surface area contributed by atoms with Gasteiger partial charge in [0.05, 0.1) is 6.61 Å². The van der Waals surface area contributed by atoms with Gasteiger partial charge in [-0.05, 0) is 31.6 Å². The molecule has 4 nitrogen and oxygen atoms in total. The zero-order valence-corrected chi connectivity index (χ0v) is 19.2. The van der Waals surface area contributed by atoms with Crippen LogP contribution < -0.4 is 0 Å². The summed E-state index contributed by atoms with van der Waals surface area (Å²) >= 11 is 0. The van der Waals surface area contributed by atoms with E-state index in [-0.39, 0.29) is 19.2 Å². The molecule has 0 aromatic heterocycles. The molecule has 0 unspecified atom stereocenters. The molecule has 0 spiro atoms. The van der Waals surface area contributed by atoms with E-state index in [2.05, 4.69) is 26.0 Å². The van der Waals surface area contributed by atoms with Crippen LogP contribution in [-0.4, -0.2) is 35.5 Å². The third-order valence-electron chi connectivity index (χ3n) is 5.22. The van der Waals surface area contributed by atoms with Gasteiger partial charge in [0.15, 0.2) is 0 Å². The number of rotatable bonds is 21. The summed E-state index contributed by atoms with van der Waals surface area (Å²) in [6.07, 6.45) is 23.1. The Morgan fingerprint density at radius 2 is 1.28 bits per heavy atom. The predicted molar refractivity (Wildman–Crippen MR) is 122 cm³/mol. The molecule has 4 heteroatoms. The van der Waals surface area contributed by atoms with E-state index in [0.717, 1.165) is 25.2 Å². The second kappa shape index (κ2) is 21.8. The zero-order valence-electron chi connectivity index (χ0n) is 19.2. The number of aliphatic hydroxyl groups excluding tert-OH is 2. The van der Waals surface area contributed by atoms with Gasteiger partial charge >= 0.3 is 5.97 Å². The van der Waals surface area contributed by atoms with Crippen molar-refractivity contribution in [2.75, 3.05) is 13.2 Å². The van der Waals surface area contributed by atoms with Crippen LogP contribution in [0.1, 0.15) is 117 Å². The maximum atomic E-state index is 11.4. The molecule has 0 amide bonds. The van der Waals surface area contributed by atoms with Gasteiger partial charge in [-0.25, -0.2) is 0 Å². The second-order valence-electron chi connectivity index (χ2n) is 8.74. The smallest absolute Gasteiger partial charge is 0.305 e. The Labute approximate surface area is 180 Å². The number of unbranched alkanes of at least 4 members (excludes halogenated alkanes) is 12. The Kier molecular flexibility index (Phi) is 21.2. The fourth-order valence-corrected chi connectivity index (χ4v) is 3.32. The highest BCUT2D eigenvalue weighted by atomic mass is 16.5. The van der Waals surface area contributed by atoms with Crippen molar-refractivity contribution in [2.45, 2.75) is 123 Å². The van der Waals surface area contributed by atoms with Gasteiger partial charge in [-0.3, -0.25) is 4.79 Å². The van der Waals surface area contributed by atoms with E-state index >= 15 is 0 Å². The number of ether oxygens (including phenoxy) is 1. The van der Waals surface area contributed by atoms with Crippen LogP contribution in [0.25, 0.3) is 0 Å². The van der Waals surface area contributed by atoms with Gasteiger partial charge in [-0.1, -0.05) is 96.6 Å². The summed E-state index contributed by atoms with van der Waals surface area (Å²) in [6, 6.07) is 0. The Morgan fingerprint density at radius 3 is 1.79 bits per heavy atom. The molecular weight excluding hydrogens is 364 g/mol. The first-order valence-corrected chi connectivity index (χ1v) is 12.2. The fourth-order valence-electron chi connectivity index (χ4n) is 3.32. The lowest BCUT2D eigenvalue weighted by Gasteiger charge is -2.07. The maximum Gasteiger partial charge on any atom is 0.305 e. The number of esters is 1. The molecule has 0 rings (SSSR count). The van der Waals surface area contributed by atoms with Crippen molar-refractivity contribution in [3.8, 4) is 0 Å². The first kappa shape index (κ1) is 28.1. The molecule has 0 saturated carbocycles. The lowest BCUT2D eigenvalue weighted by atomic mass is 10.0. The highest BCUT2D eigenvalue weighted by Gasteiger charge is 2.06. The Balaban J connectivity index is 3.22. The SMILES string of the molecule is CC(C)CCCCCCCCCCCCC/C=C\CCCC(=O)OC[C@@H](O)CO. The van der Waals surface area contributed by atoms with E-state index in [0.29, 0.717) is 6.42 Å². The fraction of sp³-hybridized carbons (Fsp3) is 0.880. The second-order valence-corrected chi connectivity index (χ2v) is 8.74. The predicted octanol–water partition coefficient (Wildman–Crippen LogP) is 6.34. The minimum Gasteiger partial charge on any atom is -0.463 e. The molecular formula is C25H48O4. The molecule has 0 bridgehead atoms. The van der Waals surface area contributed by atoms with E-state index in [1.807, 2.05) is 0 Å². The van der Waals surface area contributed by atoms with Crippen molar-refractivity contribution in [1.29, 1.82) is 0 Å². The Morgan fingerprint density at radius 1 is 0.793 bits per heavy atom. The monoisotopic (exact) mass is 412 g/mol. The third kappa shape index (κ3) is 23.3. The van der Waals surface area contributed by atoms with Crippen LogP contribution in [0.15, 0.2) is 12.2 Å². The van der Waals surface area contributed by atoms with Crippen LogP contribution in [0.2, 0.25) is 0 Å². The molecule has 0 aromatic rings. The molecule has 0 aliphatic rings. The number of aliphatic hydroxyl groups is 2. The molecule has 29 heavy (non-hydrogen) atoms. The average Bonchev–Trinajstić information content (AvgIpc) is 2.70. The number of allylic oxidation sites excluding steroid dienone is 2. The van der Waals surface area contributed by atoms with E-state index in [9.17, 15) is 4.79 Å². The summed E-state index contributed by atoms with van der Waals surface area (Å²) in [4.78, 5) is 11.4. The van der Waals surface area contributed by atoms with Crippen LogP contribution >= 0.6 is 0 Å². The number of hydrogen-bond donors (Lipinski definition) is 2. The average molecular weight is 413 g/mol. The number of carbonyl (C=O) groups is 1. The normalized spacial score (nSPS) is 12.7. The first-order valence-electron chi connectivity index (χ1n) is 12.2. The lowest BCUT2D eigenvalue weighted by Crippen LogP contribution is -2.21. The summed E-state index contributed by atoms with van der Waals surface area (Å²) in [5.74, 6) is 0.554. The van der Waals surface area contributed by atoms with Crippen LogP contribution in [0.3, 0.4) is 0 Å². The largest absolute Gasteiger partial charge is 0.463 e. The van der Waals surface area contributed by atoms with Gasteiger partial charge in [0.25, 0.3) is 0 Å². The van der Waals surface area contributed by atoms with Gasteiger partial charge in [0.1, 0.15) is 12.7 Å². The molecule has 0 aromatic carbocycles. The van der Waals surface area contributed by atoms with E-state index in [1.165, 1.54) is 77.0 Å². The number of hydrogen-bond acceptors (Lipinski definition) is 4. The number of carbonyl (C=O) groups excluding carboxylic acids is 1. The summed E-state index contributed by atoms with van der Waals surface area (Å²) in [7, 11) is 0. The summed E-state index contributed by atoms with van der Waals surface area (Å²) in [6.45, 7) is 4.13. The van der Waals surface area contributed by atoms with Crippen LogP contribution in [-0.2, 0) is 9.53 Å². The van der Waals surface area contributed by atoms with Gasteiger partial charge in [-0.15, -0.1) is 0 Å². The van der Waals surface area contributed by atoms with Crippen molar-refractivity contribution in [1.82, 2.24) is 0 Å². The van der Waals surface area contributed by atoms with E-state index in [4.69, 9.17) is 14.9 Å². The summed E-state index contributed by atoms with van der Waals surface area (Å²) in [5, 5.41) is 17.7. The molecule has 0 heterocycles. The molecule has 2 N–H and O–H groups in total. The molecule has 0 aliphatic carbocycles. The van der Waals surface area contributed by atoms with Crippen molar-refractivity contribution >= 4 is 5.97 Å². The van der Waals surface area contributed by atoms with Crippen molar-refractivity contribution < 1.29 is 19.7 Å². The summed E-state index contributed by atoms with van der Waals surface area (Å²) in [5.41, 5.74) is 0. The van der Waals surface area contributed by atoms with Gasteiger partial charge < -0.3 is 14.9 Å². The standard InChI is InChI=1S/C25H48O4/c1-23(2)19-17-15-13-11-9-7-5-3-4-6-8-10-12-14-16-18-20-25(28)29-22-24(27)21-26/h12,14,23-24,26-27H,3-11,13,15-22H2,1-2H3/b14-12-/t24-/m0/s1. The minimum absolute atomic E-state index is 0.121. The zero-order chi connectivity index (χ0) is 21.6.